The van der Waals surface area contributed by atoms with Crippen molar-refractivity contribution in [3.8, 4) is 0 Å². The summed E-state index contributed by atoms with van der Waals surface area (Å²) in [6.45, 7) is 0. The van der Waals surface area contributed by atoms with E-state index in [1.54, 1.807) is 0 Å². The molecule has 3 aromatic rings. The summed E-state index contributed by atoms with van der Waals surface area (Å²) in [6.07, 6.45) is 10.9. The zero-order valence-electron chi connectivity index (χ0n) is 16.6. The highest BCUT2D eigenvalue weighted by Gasteiger charge is 2.36. The van der Waals surface area contributed by atoms with Crippen molar-refractivity contribution in [3.63, 3.8) is 0 Å². The number of halogens is 4. The zero-order valence-corrected chi connectivity index (χ0v) is 19.6. The van der Waals surface area contributed by atoms with Gasteiger partial charge in [0.2, 0.25) is 0 Å². The Morgan fingerprint density at radius 3 is 1.83 bits per heavy atom. The molecule has 1 heterocycles. The highest BCUT2D eigenvalue weighted by atomic mass is 35.5. The number of hydrogen-bond acceptors (Lipinski definition) is 1. The van der Waals surface area contributed by atoms with Crippen LogP contribution in [-0.2, 0) is 24.7 Å². The van der Waals surface area contributed by atoms with Gasteiger partial charge in [0.15, 0.2) is 0 Å². The summed E-state index contributed by atoms with van der Waals surface area (Å²) in [6, 6.07) is 13.6. The van der Waals surface area contributed by atoms with Crippen LogP contribution in [0.1, 0.15) is 47.9 Å². The van der Waals surface area contributed by atoms with Gasteiger partial charge in [-0.1, -0.05) is 58.5 Å². The Bertz CT molecular complexity index is 951. The van der Waals surface area contributed by atoms with Gasteiger partial charge in [-0.25, -0.2) is 0 Å². The van der Waals surface area contributed by atoms with Crippen molar-refractivity contribution in [2.75, 3.05) is 0 Å². The van der Waals surface area contributed by atoms with Gasteiger partial charge in [0.1, 0.15) is 0 Å². The van der Waals surface area contributed by atoms with Gasteiger partial charge in [0.25, 0.3) is 0 Å². The first kappa shape index (κ1) is 22.0. The van der Waals surface area contributed by atoms with Gasteiger partial charge in [-0.15, -0.1) is 0 Å². The molecule has 0 fully saturated rings. The van der Waals surface area contributed by atoms with Crippen molar-refractivity contribution in [1.82, 2.24) is 4.98 Å². The smallest absolute Gasteiger partial charge is 0.0452 e. The van der Waals surface area contributed by atoms with Gasteiger partial charge >= 0.3 is 0 Å². The number of hydrogen-bond donors (Lipinski definition) is 0. The van der Waals surface area contributed by atoms with Crippen LogP contribution >= 0.6 is 46.4 Å². The monoisotopic (exact) mass is 477 g/mol. The SMILES string of the molecule is Clc1cccc(Cl)c1CCC1(CCc2c(Cl)cccc2Cl)CCCc2cnccc21. The van der Waals surface area contributed by atoms with Crippen LogP contribution in [0.3, 0.4) is 0 Å². The van der Waals surface area contributed by atoms with Gasteiger partial charge in [0, 0.05) is 32.5 Å². The van der Waals surface area contributed by atoms with E-state index >= 15 is 0 Å². The van der Waals surface area contributed by atoms with E-state index in [1.165, 1.54) is 11.1 Å². The highest BCUT2D eigenvalue weighted by molar-refractivity contribution is 6.36. The van der Waals surface area contributed by atoms with Crippen LogP contribution in [0.4, 0.5) is 0 Å². The molecule has 0 amide bonds. The molecule has 156 valence electrons. The Morgan fingerprint density at radius 1 is 0.767 bits per heavy atom. The second-order valence-electron chi connectivity index (χ2n) is 8.07. The molecule has 1 aromatic heterocycles. The van der Waals surface area contributed by atoms with E-state index in [2.05, 4.69) is 11.1 Å². The van der Waals surface area contributed by atoms with Crippen molar-refractivity contribution in [2.45, 2.75) is 50.4 Å². The fraction of sp³-hybridized carbons (Fsp3) is 0.320. The van der Waals surface area contributed by atoms with E-state index in [4.69, 9.17) is 46.4 Å². The van der Waals surface area contributed by atoms with Gasteiger partial charge in [0.05, 0.1) is 0 Å². The largest absolute Gasteiger partial charge is 0.264 e. The van der Waals surface area contributed by atoms with Crippen molar-refractivity contribution in [1.29, 1.82) is 0 Å². The molecule has 30 heavy (non-hydrogen) atoms. The minimum absolute atomic E-state index is 0.0154. The first-order valence-electron chi connectivity index (χ1n) is 10.3. The molecular formula is C25H23Cl4N. The third-order valence-electron chi connectivity index (χ3n) is 6.41. The Morgan fingerprint density at radius 2 is 1.30 bits per heavy atom. The zero-order chi connectivity index (χ0) is 21.1. The number of aromatic nitrogens is 1. The molecule has 0 saturated heterocycles. The topological polar surface area (TPSA) is 12.9 Å². The molecule has 0 unspecified atom stereocenters. The van der Waals surface area contributed by atoms with E-state index in [0.29, 0.717) is 0 Å². The van der Waals surface area contributed by atoms with Crippen LogP contribution in [0.15, 0.2) is 54.9 Å². The van der Waals surface area contributed by atoms with Gasteiger partial charge < -0.3 is 0 Å². The lowest BCUT2D eigenvalue weighted by Crippen LogP contribution is -2.32. The van der Waals surface area contributed by atoms with Crippen LogP contribution < -0.4 is 0 Å². The maximum atomic E-state index is 6.48. The molecule has 0 N–H and O–H groups in total. The van der Waals surface area contributed by atoms with Crippen LogP contribution in [0.25, 0.3) is 0 Å². The van der Waals surface area contributed by atoms with E-state index in [1.807, 2.05) is 48.8 Å². The summed E-state index contributed by atoms with van der Waals surface area (Å²) in [5.41, 5.74) is 4.81. The average Bonchev–Trinajstić information content (AvgIpc) is 2.73. The summed E-state index contributed by atoms with van der Waals surface area (Å²) in [5.74, 6) is 0. The molecular weight excluding hydrogens is 456 g/mol. The van der Waals surface area contributed by atoms with E-state index in [-0.39, 0.29) is 5.41 Å². The lowest BCUT2D eigenvalue weighted by molar-refractivity contribution is 0.310. The number of aryl methyl sites for hydroxylation is 1. The van der Waals surface area contributed by atoms with Crippen molar-refractivity contribution in [3.05, 3.63) is 97.2 Å². The molecule has 0 spiro atoms. The summed E-state index contributed by atoms with van der Waals surface area (Å²) >= 11 is 25.9. The van der Waals surface area contributed by atoms with Gasteiger partial charge in [-0.3, -0.25) is 4.98 Å². The second kappa shape index (κ2) is 9.49. The van der Waals surface area contributed by atoms with Gasteiger partial charge in [-0.05, 0) is 103 Å². The molecule has 1 aliphatic rings. The third kappa shape index (κ3) is 4.50. The Hall–Kier alpha value is -1.25. The Labute approximate surface area is 198 Å². The molecule has 0 atom stereocenters. The van der Waals surface area contributed by atoms with Crippen LogP contribution in [0, 0.1) is 0 Å². The standard InChI is InChI=1S/C25H23Cl4N/c26-21-5-1-6-22(27)18(21)9-13-25(12-3-4-17-16-30-15-11-20(17)25)14-10-19-23(28)7-2-8-24(19)29/h1-2,5-8,11,15-16H,3-4,9-10,12-14H2. The molecule has 0 saturated carbocycles. The van der Waals surface area contributed by atoms with Crippen LogP contribution in [0.2, 0.25) is 20.1 Å². The minimum Gasteiger partial charge on any atom is -0.264 e. The predicted octanol–water partition coefficient (Wildman–Crippen LogP) is 8.53. The first-order chi connectivity index (χ1) is 14.5. The Balaban J connectivity index is 1.68. The maximum absolute atomic E-state index is 6.48. The van der Waals surface area contributed by atoms with Crippen molar-refractivity contribution >= 4 is 46.4 Å². The second-order valence-corrected chi connectivity index (χ2v) is 9.70. The third-order valence-corrected chi connectivity index (χ3v) is 7.82. The molecule has 2 aromatic carbocycles. The summed E-state index contributed by atoms with van der Waals surface area (Å²) in [7, 11) is 0. The van der Waals surface area contributed by atoms with Gasteiger partial charge in [-0.2, -0.15) is 0 Å². The number of pyridine rings is 1. The molecule has 0 aliphatic heterocycles. The molecule has 0 radical (unpaired) electrons. The molecule has 1 aliphatic carbocycles. The van der Waals surface area contributed by atoms with Crippen LogP contribution in [-0.4, -0.2) is 4.98 Å². The average molecular weight is 479 g/mol. The molecule has 4 rings (SSSR count). The fourth-order valence-electron chi connectivity index (χ4n) is 4.81. The number of fused-ring (bicyclic) bond motifs is 1. The summed E-state index contributed by atoms with van der Waals surface area (Å²) in [4.78, 5) is 4.37. The number of benzene rings is 2. The number of nitrogens with zero attached hydrogens (tertiary/aromatic N) is 1. The minimum atomic E-state index is 0.0154. The van der Waals surface area contributed by atoms with Crippen LogP contribution in [0.5, 0.6) is 0 Å². The predicted molar refractivity (Wildman–Crippen MR) is 128 cm³/mol. The normalized spacial score (nSPS) is 15.1. The summed E-state index contributed by atoms with van der Waals surface area (Å²) in [5, 5.41) is 2.94. The van der Waals surface area contributed by atoms with E-state index in [0.717, 1.165) is 76.2 Å². The molecule has 5 heteroatoms. The number of rotatable bonds is 6. The summed E-state index contributed by atoms with van der Waals surface area (Å²) < 4.78 is 0. The van der Waals surface area contributed by atoms with E-state index in [9.17, 15) is 0 Å². The lowest BCUT2D eigenvalue weighted by Gasteiger charge is -2.40. The quantitative estimate of drug-likeness (QED) is 0.345. The Kier molecular flexibility index (Phi) is 6.95. The molecule has 1 nitrogen and oxygen atoms in total. The van der Waals surface area contributed by atoms with E-state index < -0.39 is 0 Å². The fourth-order valence-corrected chi connectivity index (χ4v) is 5.98. The van der Waals surface area contributed by atoms with Crippen molar-refractivity contribution in [2.24, 2.45) is 0 Å². The van der Waals surface area contributed by atoms with Crippen molar-refractivity contribution < 1.29 is 0 Å². The molecule has 0 bridgehead atoms. The first-order valence-corrected chi connectivity index (χ1v) is 11.8. The highest BCUT2D eigenvalue weighted by Crippen LogP contribution is 2.45. The lowest BCUT2D eigenvalue weighted by atomic mass is 9.65. The maximum Gasteiger partial charge on any atom is 0.0452 e.